The highest BCUT2D eigenvalue weighted by Gasteiger charge is 2.62. The predicted octanol–water partition coefficient (Wildman–Crippen LogP) is 8.97. The molecule has 0 radical (unpaired) electrons. The lowest BCUT2D eigenvalue weighted by atomic mass is 9.40. The van der Waals surface area contributed by atoms with Crippen LogP contribution in [0.15, 0.2) is 24.3 Å². The maximum atomic E-state index is 4.52. The van der Waals surface area contributed by atoms with E-state index in [0.29, 0.717) is 22.2 Å². The van der Waals surface area contributed by atoms with Crippen LogP contribution in [0.3, 0.4) is 0 Å². The number of allylic oxidation sites excluding steroid dienone is 2. The second-order valence-electron chi connectivity index (χ2n) is 12.6. The second-order valence-corrected chi connectivity index (χ2v) is 12.6. The van der Waals surface area contributed by atoms with Crippen LogP contribution in [0.5, 0.6) is 0 Å². The van der Waals surface area contributed by atoms with Crippen LogP contribution in [-0.4, -0.2) is 0 Å². The minimum absolute atomic E-state index is 0.471. The summed E-state index contributed by atoms with van der Waals surface area (Å²) in [6.07, 6.45) is 16.9. The first-order chi connectivity index (χ1) is 13.6. The molecule has 4 aliphatic rings. The molecule has 0 aliphatic heterocycles. The van der Waals surface area contributed by atoms with Gasteiger partial charge in [-0.15, -0.1) is 0 Å². The van der Waals surface area contributed by atoms with Crippen LogP contribution in [0.4, 0.5) is 0 Å². The van der Waals surface area contributed by atoms with E-state index in [-0.39, 0.29) is 0 Å². The zero-order chi connectivity index (χ0) is 21.0. The van der Waals surface area contributed by atoms with Crippen molar-refractivity contribution < 1.29 is 0 Å². The molecule has 4 saturated carbocycles. The van der Waals surface area contributed by atoms with Crippen LogP contribution in [0.1, 0.15) is 112 Å². The van der Waals surface area contributed by atoms with Gasteiger partial charge in [-0.2, -0.15) is 0 Å². The molecule has 0 nitrogen and oxygen atoms in total. The van der Waals surface area contributed by atoms with Gasteiger partial charge in [-0.3, -0.25) is 0 Å². The van der Waals surface area contributed by atoms with Gasteiger partial charge in [-0.05, 0) is 123 Å². The molecule has 0 amide bonds. The van der Waals surface area contributed by atoms with Gasteiger partial charge in [0.15, 0.2) is 0 Å². The molecular formula is C29H48. The molecule has 0 heterocycles. The number of hydrogen-bond donors (Lipinski definition) is 0. The minimum Gasteiger partial charge on any atom is -0.0996 e. The molecule has 164 valence electrons. The van der Waals surface area contributed by atoms with Crippen LogP contribution in [0.2, 0.25) is 0 Å². The molecule has 29 heavy (non-hydrogen) atoms. The Morgan fingerprint density at radius 3 is 2.52 bits per heavy atom. The fourth-order valence-electron chi connectivity index (χ4n) is 8.84. The van der Waals surface area contributed by atoms with E-state index in [4.69, 9.17) is 0 Å². The van der Waals surface area contributed by atoms with Gasteiger partial charge in [0, 0.05) is 0 Å². The molecule has 0 heteroatoms. The second kappa shape index (κ2) is 7.56. The van der Waals surface area contributed by atoms with E-state index in [1.807, 2.05) is 0 Å². The number of rotatable bonds is 5. The summed E-state index contributed by atoms with van der Waals surface area (Å²) in [5.74, 6) is 4.53. The lowest BCUT2D eigenvalue weighted by Gasteiger charge is -2.65. The van der Waals surface area contributed by atoms with Gasteiger partial charge in [0.1, 0.15) is 0 Å². The molecule has 4 rings (SSSR count). The Labute approximate surface area is 182 Å². The molecule has 0 bridgehead atoms. The zero-order valence-electron chi connectivity index (χ0n) is 20.3. The van der Waals surface area contributed by atoms with E-state index in [2.05, 4.69) is 47.8 Å². The fourth-order valence-corrected chi connectivity index (χ4v) is 8.84. The highest BCUT2D eigenvalue weighted by molar-refractivity contribution is 5.22. The van der Waals surface area contributed by atoms with Crippen molar-refractivity contribution in [2.45, 2.75) is 112 Å². The molecule has 8 unspecified atom stereocenters. The molecule has 4 fully saturated rings. The standard InChI is InChI=1S/C29H48/c1-8-20(2)21(3)9-11-23-13-18-29(7)26-15-17-28(6)22(4)10-12-25(28)24(26)14-16-27(29,5)19-23/h20,23-26H,3-4,8-19H2,1-2,5-7H3. The third kappa shape index (κ3) is 3.30. The molecular weight excluding hydrogens is 348 g/mol. The van der Waals surface area contributed by atoms with Crippen molar-refractivity contribution in [2.75, 3.05) is 0 Å². The van der Waals surface area contributed by atoms with Gasteiger partial charge in [0.05, 0.1) is 0 Å². The van der Waals surface area contributed by atoms with Crippen LogP contribution < -0.4 is 0 Å². The first kappa shape index (κ1) is 21.7. The average molecular weight is 397 g/mol. The molecule has 0 aromatic heterocycles. The summed E-state index contributed by atoms with van der Waals surface area (Å²) in [5.41, 5.74) is 4.70. The Kier molecular flexibility index (Phi) is 5.66. The van der Waals surface area contributed by atoms with Crippen LogP contribution >= 0.6 is 0 Å². The Bertz CT molecular complexity index is 657. The molecule has 0 saturated heterocycles. The quantitative estimate of drug-likeness (QED) is 0.407. The van der Waals surface area contributed by atoms with Gasteiger partial charge in [0.2, 0.25) is 0 Å². The van der Waals surface area contributed by atoms with E-state index < -0.39 is 0 Å². The van der Waals surface area contributed by atoms with Crippen LogP contribution in [0.25, 0.3) is 0 Å². The smallest absolute Gasteiger partial charge is 0.00879 e. The lowest BCUT2D eigenvalue weighted by Crippen LogP contribution is -2.57. The van der Waals surface area contributed by atoms with Gasteiger partial charge >= 0.3 is 0 Å². The van der Waals surface area contributed by atoms with Gasteiger partial charge in [-0.25, -0.2) is 0 Å². The fraction of sp³-hybridized carbons (Fsp3) is 0.862. The molecule has 0 aromatic rings. The summed E-state index contributed by atoms with van der Waals surface area (Å²) in [4.78, 5) is 0. The van der Waals surface area contributed by atoms with E-state index in [0.717, 1.165) is 23.7 Å². The summed E-state index contributed by atoms with van der Waals surface area (Å²) in [5, 5.41) is 0. The van der Waals surface area contributed by atoms with Crippen molar-refractivity contribution in [3.8, 4) is 0 Å². The Morgan fingerprint density at radius 1 is 1.03 bits per heavy atom. The van der Waals surface area contributed by atoms with Crippen molar-refractivity contribution in [1.82, 2.24) is 0 Å². The maximum Gasteiger partial charge on any atom is -0.00879 e. The van der Waals surface area contributed by atoms with Crippen molar-refractivity contribution in [1.29, 1.82) is 0 Å². The minimum atomic E-state index is 0.471. The summed E-state index contributed by atoms with van der Waals surface area (Å²) in [7, 11) is 0. The van der Waals surface area contributed by atoms with E-state index in [1.165, 1.54) is 82.6 Å². The van der Waals surface area contributed by atoms with Crippen molar-refractivity contribution in [2.24, 2.45) is 45.8 Å². The third-order valence-electron chi connectivity index (χ3n) is 11.6. The SMILES string of the molecule is C=C(CCC1CCC2(C)C3CCC4(C)C(=C)CCC4C3CCC2(C)C1)C(C)CC. The first-order valence-corrected chi connectivity index (χ1v) is 13.0. The van der Waals surface area contributed by atoms with E-state index in [1.54, 1.807) is 5.57 Å². The largest absolute Gasteiger partial charge is 0.0996 e. The van der Waals surface area contributed by atoms with E-state index in [9.17, 15) is 0 Å². The first-order valence-electron chi connectivity index (χ1n) is 13.0. The summed E-state index contributed by atoms with van der Waals surface area (Å²) in [6, 6.07) is 0. The predicted molar refractivity (Wildman–Crippen MR) is 127 cm³/mol. The summed E-state index contributed by atoms with van der Waals surface area (Å²) < 4.78 is 0. The number of fused-ring (bicyclic) bond motifs is 5. The molecule has 0 N–H and O–H groups in total. The van der Waals surface area contributed by atoms with Gasteiger partial charge < -0.3 is 0 Å². The van der Waals surface area contributed by atoms with Gasteiger partial charge in [-0.1, -0.05) is 58.9 Å². The lowest BCUT2D eigenvalue weighted by molar-refractivity contribution is -0.154. The monoisotopic (exact) mass is 396 g/mol. The zero-order valence-corrected chi connectivity index (χ0v) is 20.3. The summed E-state index contributed by atoms with van der Waals surface area (Å²) >= 11 is 0. The van der Waals surface area contributed by atoms with Gasteiger partial charge in [0.25, 0.3) is 0 Å². The number of hydrogen-bond acceptors (Lipinski definition) is 0. The van der Waals surface area contributed by atoms with Crippen molar-refractivity contribution >= 4 is 0 Å². The van der Waals surface area contributed by atoms with Crippen LogP contribution in [0, 0.1) is 45.8 Å². The summed E-state index contributed by atoms with van der Waals surface area (Å²) in [6.45, 7) is 21.6. The van der Waals surface area contributed by atoms with E-state index >= 15 is 0 Å². The average Bonchev–Trinajstić information content (AvgIpc) is 3.01. The van der Waals surface area contributed by atoms with Crippen molar-refractivity contribution in [3.63, 3.8) is 0 Å². The highest BCUT2D eigenvalue weighted by atomic mass is 14.7. The Morgan fingerprint density at radius 2 is 1.79 bits per heavy atom. The molecule has 0 aromatic carbocycles. The molecule has 8 atom stereocenters. The maximum absolute atomic E-state index is 4.52. The van der Waals surface area contributed by atoms with Crippen LogP contribution in [-0.2, 0) is 0 Å². The topological polar surface area (TPSA) is 0 Å². The normalized spacial score (nSPS) is 47.8. The Hall–Kier alpha value is -0.520. The molecule has 0 spiro atoms. The molecule has 4 aliphatic carbocycles. The highest BCUT2D eigenvalue weighted by Crippen LogP contribution is 2.71. The third-order valence-corrected chi connectivity index (χ3v) is 11.6. The Balaban J connectivity index is 1.46. The van der Waals surface area contributed by atoms with Crippen molar-refractivity contribution in [3.05, 3.63) is 24.3 Å².